The Kier molecular flexibility index (Phi) is 6.35. The van der Waals surface area contributed by atoms with E-state index in [9.17, 15) is 9.59 Å². The Morgan fingerprint density at radius 2 is 1.64 bits per heavy atom. The number of pyridine rings is 1. The van der Waals surface area contributed by atoms with Gasteiger partial charge in [-0.2, -0.15) is 0 Å². The molecule has 1 spiro atoms. The second kappa shape index (κ2) is 10.1. The number of aryl methyl sites for hydroxylation is 1. The minimum Gasteiger partial charge on any atom is -0.488 e. The number of anilines is 2. The van der Waals surface area contributed by atoms with Crippen LogP contribution in [0.3, 0.4) is 0 Å². The fourth-order valence-corrected chi connectivity index (χ4v) is 5.42. The fourth-order valence-electron chi connectivity index (χ4n) is 5.42. The van der Waals surface area contributed by atoms with Crippen LogP contribution in [0.4, 0.5) is 15.8 Å². The first-order valence-electron chi connectivity index (χ1n) is 14.2. The number of carbonyl (C=O) groups excluding carboxylic acids is 2. The first-order valence-corrected chi connectivity index (χ1v) is 14.2. The van der Waals surface area contributed by atoms with E-state index < -0.39 is 17.1 Å². The summed E-state index contributed by atoms with van der Waals surface area (Å²) >= 11 is 0. The number of nitrogens with one attached hydrogen (secondary N) is 2. The molecule has 4 aromatic rings. The van der Waals surface area contributed by atoms with Gasteiger partial charge in [0.15, 0.2) is 11.6 Å². The molecule has 8 nitrogen and oxygen atoms in total. The Morgan fingerprint density at radius 3 is 2.33 bits per heavy atom. The molecule has 2 heterocycles. The van der Waals surface area contributed by atoms with E-state index in [1.54, 1.807) is 30.5 Å². The van der Waals surface area contributed by atoms with Gasteiger partial charge in [0.2, 0.25) is 11.8 Å². The number of hydrogen-bond acceptors (Lipinski definition) is 6. The first-order chi connectivity index (χ1) is 20.3. The van der Waals surface area contributed by atoms with E-state index in [-0.39, 0.29) is 29.0 Å². The highest BCUT2D eigenvalue weighted by molar-refractivity contribution is 6.16. The Bertz CT molecular complexity index is 1700. The zero-order valence-corrected chi connectivity index (χ0v) is 23.1. The average molecular weight is 568 g/mol. The van der Waals surface area contributed by atoms with Crippen molar-refractivity contribution in [3.63, 3.8) is 0 Å². The largest absolute Gasteiger partial charge is 0.488 e. The van der Waals surface area contributed by atoms with Crippen molar-refractivity contribution in [3.8, 4) is 17.2 Å². The maximum atomic E-state index is 15.1. The normalized spacial score (nSPS) is 19.3. The van der Waals surface area contributed by atoms with E-state index >= 15 is 4.39 Å². The highest BCUT2D eigenvalue weighted by Crippen LogP contribution is 2.49. The van der Waals surface area contributed by atoms with Crippen LogP contribution in [0.2, 0.25) is 0 Å². The fraction of sp³-hybridized carbons (Fsp3) is 0.303. The number of aromatic nitrogens is 1. The van der Waals surface area contributed by atoms with Crippen molar-refractivity contribution in [1.82, 2.24) is 4.98 Å². The third kappa shape index (κ3) is 5.16. The summed E-state index contributed by atoms with van der Waals surface area (Å²) in [5.41, 5.74) is 1.47. The molecular formula is C33H30FN3O5. The van der Waals surface area contributed by atoms with Gasteiger partial charge in [-0.05, 0) is 75.1 Å². The lowest BCUT2D eigenvalue weighted by Crippen LogP contribution is -2.35. The lowest BCUT2D eigenvalue weighted by molar-refractivity contribution is -0.131. The summed E-state index contributed by atoms with van der Waals surface area (Å²) in [6.45, 7) is 2.54. The molecule has 0 bridgehead atoms. The third-order valence-electron chi connectivity index (χ3n) is 8.30. The number of hydrogen-bond donors (Lipinski definition) is 2. The van der Waals surface area contributed by atoms with Crippen molar-refractivity contribution in [2.45, 2.75) is 50.7 Å². The number of halogens is 1. The number of fused-ring (bicyclic) bond motifs is 1. The Labute approximate surface area is 242 Å². The van der Waals surface area contributed by atoms with Crippen molar-refractivity contribution in [3.05, 3.63) is 84.3 Å². The molecule has 1 aliphatic heterocycles. The van der Waals surface area contributed by atoms with Crippen LogP contribution >= 0.6 is 0 Å². The molecule has 2 saturated carbocycles. The molecule has 3 fully saturated rings. The van der Waals surface area contributed by atoms with Gasteiger partial charge in [0, 0.05) is 41.5 Å². The van der Waals surface area contributed by atoms with E-state index in [0.717, 1.165) is 24.8 Å². The highest BCUT2D eigenvalue weighted by Gasteiger charge is 2.56. The van der Waals surface area contributed by atoms with Gasteiger partial charge in [-0.3, -0.25) is 14.6 Å². The summed E-state index contributed by atoms with van der Waals surface area (Å²) < 4.78 is 33.1. The predicted molar refractivity (Wildman–Crippen MR) is 155 cm³/mol. The molecule has 0 radical (unpaired) electrons. The predicted octanol–water partition coefficient (Wildman–Crippen LogP) is 6.53. The zero-order chi connectivity index (χ0) is 28.9. The summed E-state index contributed by atoms with van der Waals surface area (Å²) in [7, 11) is 0. The molecule has 2 amide bonds. The molecule has 1 saturated heterocycles. The second-order valence-corrected chi connectivity index (χ2v) is 11.5. The summed E-state index contributed by atoms with van der Waals surface area (Å²) in [6.07, 6.45) is 5.58. The monoisotopic (exact) mass is 567 g/mol. The van der Waals surface area contributed by atoms with Crippen LogP contribution in [0.25, 0.3) is 10.9 Å². The van der Waals surface area contributed by atoms with Gasteiger partial charge in [0.25, 0.3) is 0 Å². The summed E-state index contributed by atoms with van der Waals surface area (Å²) in [6, 6.07) is 18.8. The van der Waals surface area contributed by atoms with Crippen LogP contribution in [0, 0.1) is 18.2 Å². The van der Waals surface area contributed by atoms with Crippen molar-refractivity contribution < 1.29 is 28.2 Å². The van der Waals surface area contributed by atoms with Crippen LogP contribution < -0.4 is 20.1 Å². The SMILES string of the molecule is Cc1ccc(NC(=O)C2(C(=O)Nc3ccc(Oc4ccnc5cc(OC6COC7(CC7)C6)ccc45)c(F)c3)CC2)cc1. The summed E-state index contributed by atoms with van der Waals surface area (Å²) in [5, 5.41) is 6.22. The number of carbonyl (C=O) groups is 2. The van der Waals surface area contributed by atoms with Gasteiger partial charge >= 0.3 is 0 Å². The van der Waals surface area contributed by atoms with Gasteiger partial charge in [-0.1, -0.05) is 17.7 Å². The molecular weight excluding hydrogens is 537 g/mol. The molecule has 1 aromatic heterocycles. The van der Waals surface area contributed by atoms with Gasteiger partial charge in [0.1, 0.15) is 23.0 Å². The standard InChI is InChI=1S/C33H30FN3O5/c1-20-2-4-21(5-3-20)36-30(38)33(13-14-33)31(39)37-22-6-9-29(26(34)16-22)42-28-10-15-35-27-17-23(7-8-25(27)28)41-24-18-32(11-12-32)40-19-24/h2-10,15-17,24H,11-14,18-19H2,1H3,(H,36,38)(H,37,39). The summed E-state index contributed by atoms with van der Waals surface area (Å²) in [4.78, 5) is 30.4. The van der Waals surface area contributed by atoms with E-state index in [0.29, 0.717) is 47.5 Å². The third-order valence-corrected chi connectivity index (χ3v) is 8.30. The minimum absolute atomic E-state index is 0.00286. The van der Waals surface area contributed by atoms with E-state index in [1.165, 1.54) is 12.1 Å². The molecule has 1 unspecified atom stereocenters. The lowest BCUT2D eigenvalue weighted by atomic mass is 10.0. The van der Waals surface area contributed by atoms with Crippen molar-refractivity contribution in [2.75, 3.05) is 17.2 Å². The minimum atomic E-state index is -1.17. The first kappa shape index (κ1) is 26.4. The molecule has 2 aliphatic carbocycles. The smallest absolute Gasteiger partial charge is 0.240 e. The molecule has 42 heavy (non-hydrogen) atoms. The van der Waals surface area contributed by atoms with Crippen LogP contribution in [-0.4, -0.2) is 35.1 Å². The van der Waals surface area contributed by atoms with Crippen molar-refractivity contribution in [2.24, 2.45) is 5.41 Å². The number of ether oxygens (including phenoxy) is 3. The van der Waals surface area contributed by atoms with Gasteiger partial charge < -0.3 is 24.8 Å². The average Bonchev–Trinajstić information content (AvgIpc) is 3.89. The van der Waals surface area contributed by atoms with Gasteiger partial charge in [0.05, 0.1) is 17.7 Å². The van der Waals surface area contributed by atoms with Gasteiger partial charge in [-0.15, -0.1) is 0 Å². The zero-order valence-electron chi connectivity index (χ0n) is 23.1. The van der Waals surface area contributed by atoms with Crippen LogP contribution in [0.1, 0.15) is 37.7 Å². The topological polar surface area (TPSA) is 98.8 Å². The van der Waals surface area contributed by atoms with Crippen LogP contribution in [0.15, 0.2) is 72.9 Å². The number of amides is 2. The molecule has 2 N–H and O–H groups in total. The van der Waals surface area contributed by atoms with E-state index in [2.05, 4.69) is 15.6 Å². The summed E-state index contributed by atoms with van der Waals surface area (Å²) in [5.74, 6) is -0.349. The number of benzene rings is 3. The molecule has 7 rings (SSSR count). The lowest BCUT2D eigenvalue weighted by Gasteiger charge is -2.16. The maximum absolute atomic E-state index is 15.1. The van der Waals surface area contributed by atoms with E-state index in [1.807, 2.05) is 37.3 Å². The Hall–Kier alpha value is -4.50. The second-order valence-electron chi connectivity index (χ2n) is 11.5. The van der Waals surface area contributed by atoms with Crippen LogP contribution in [-0.2, 0) is 14.3 Å². The molecule has 3 aliphatic rings. The number of rotatable bonds is 8. The number of nitrogens with zero attached hydrogens (tertiary/aromatic N) is 1. The van der Waals surface area contributed by atoms with Crippen LogP contribution in [0.5, 0.6) is 17.2 Å². The quantitative estimate of drug-likeness (QED) is 0.235. The maximum Gasteiger partial charge on any atom is 0.240 e. The van der Waals surface area contributed by atoms with Crippen molar-refractivity contribution in [1.29, 1.82) is 0 Å². The van der Waals surface area contributed by atoms with E-state index in [4.69, 9.17) is 14.2 Å². The van der Waals surface area contributed by atoms with Crippen molar-refractivity contribution >= 4 is 34.1 Å². The Balaban J connectivity index is 1.01. The Morgan fingerprint density at radius 1 is 0.905 bits per heavy atom. The van der Waals surface area contributed by atoms with Gasteiger partial charge in [-0.25, -0.2) is 4.39 Å². The molecule has 1 atom stereocenters. The molecule has 214 valence electrons. The molecule has 3 aromatic carbocycles. The molecule has 9 heteroatoms. The highest BCUT2D eigenvalue weighted by atomic mass is 19.1.